The average molecular weight is 250 g/mol. The van der Waals surface area contributed by atoms with E-state index in [9.17, 15) is 4.79 Å². The van der Waals surface area contributed by atoms with Crippen molar-refractivity contribution < 1.29 is 9.53 Å². The van der Waals surface area contributed by atoms with Gasteiger partial charge in [-0.1, -0.05) is 18.2 Å². The van der Waals surface area contributed by atoms with Crippen LogP contribution in [0.5, 0.6) is 0 Å². The third kappa shape index (κ3) is 3.00. The first-order valence-electron chi connectivity index (χ1n) is 5.52. The van der Waals surface area contributed by atoms with Crippen LogP contribution in [0.2, 0.25) is 0 Å². The zero-order chi connectivity index (χ0) is 12.1. The Morgan fingerprint density at radius 1 is 1.53 bits per heavy atom. The van der Waals surface area contributed by atoms with Gasteiger partial charge in [0.1, 0.15) is 0 Å². The first-order valence-corrected chi connectivity index (χ1v) is 6.51. The molecule has 1 aliphatic heterocycles. The highest BCUT2D eigenvalue weighted by Gasteiger charge is 2.15. The number of hydrogen-bond acceptors (Lipinski definition) is 4. The Bertz CT molecular complexity index is 446. The molecule has 0 radical (unpaired) electrons. The smallest absolute Gasteiger partial charge is 0.427 e. The van der Waals surface area contributed by atoms with Crippen LogP contribution in [0.15, 0.2) is 34.3 Å². The summed E-state index contributed by atoms with van der Waals surface area (Å²) in [5, 5.41) is 4.12. The van der Waals surface area contributed by atoms with E-state index in [1.807, 2.05) is 30.0 Å². The van der Waals surface area contributed by atoms with Crippen LogP contribution in [0.25, 0.3) is 0 Å². The third-order valence-corrected chi connectivity index (χ3v) is 3.43. The fraction of sp³-hybridized carbons (Fsp3) is 0.333. The second kappa shape index (κ2) is 5.72. The molecule has 17 heavy (non-hydrogen) atoms. The van der Waals surface area contributed by atoms with Crippen molar-refractivity contribution >= 4 is 23.6 Å². The minimum absolute atomic E-state index is 0.350. The zero-order valence-electron chi connectivity index (χ0n) is 9.60. The number of nitrogens with one attached hydrogen (secondary N) is 1. The van der Waals surface area contributed by atoms with Crippen LogP contribution in [-0.4, -0.2) is 24.2 Å². The molecule has 0 saturated heterocycles. The van der Waals surface area contributed by atoms with E-state index in [4.69, 9.17) is 4.74 Å². The van der Waals surface area contributed by atoms with E-state index >= 15 is 0 Å². The van der Waals surface area contributed by atoms with Crippen molar-refractivity contribution in [3.63, 3.8) is 0 Å². The van der Waals surface area contributed by atoms with Crippen LogP contribution in [0.3, 0.4) is 0 Å². The number of hydrogen-bond donors (Lipinski definition) is 1. The molecule has 5 heteroatoms. The number of hydrazone groups is 1. The molecule has 0 aliphatic carbocycles. The largest absolute Gasteiger partial charge is 0.449 e. The first-order chi connectivity index (χ1) is 8.31. The van der Waals surface area contributed by atoms with Crippen LogP contribution >= 0.6 is 11.8 Å². The highest BCUT2D eigenvalue weighted by atomic mass is 32.2. The van der Waals surface area contributed by atoms with E-state index in [1.54, 1.807) is 6.92 Å². The summed E-state index contributed by atoms with van der Waals surface area (Å²) in [5.41, 5.74) is 4.42. The van der Waals surface area contributed by atoms with E-state index in [-0.39, 0.29) is 0 Å². The van der Waals surface area contributed by atoms with Gasteiger partial charge in [-0.05, 0) is 13.0 Å². The Hall–Kier alpha value is -1.49. The monoisotopic (exact) mass is 250 g/mol. The number of fused-ring (bicyclic) bond motifs is 1. The summed E-state index contributed by atoms with van der Waals surface area (Å²) in [5.74, 6) is 0.986. The lowest BCUT2D eigenvalue weighted by atomic mass is 10.1. The number of carbonyl (C=O) groups excluding carboxylic acids is 1. The third-order valence-electron chi connectivity index (χ3n) is 2.35. The van der Waals surface area contributed by atoms with Crippen molar-refractivity contribution in [1.29, 1.82) is 0 Å². The molecule has 0 aromatic heterocycles. The molecule has 0 atom stereocenters. The fourth-order valence-electron chi connectivity index (χ4n) is 1.62. The Kier molecular flexibility index (Phi) is 4.03. The number of nitrogens with zero attached hydrogens (tertiary/aromatic N) is 1. The maximum atomic E-state index is 11.2. The van der Waals surface area contributed by atoms with E-state index < -0.39 is 6.09 Å². The fourth-order valence-corrected chi connectivity index (χ4v) is 2.65. The van der Waals surface area contributed by atoms with Crippen molar-refractivity contribution in [2.24, 2.45) is 5.10 Å². The van der Waals surface area contributed by atoms with Crippen molar-refractivity contribution in [2.45, 2.75) is 18.2 Å². The predicted octanol–water partition coefficient (Wildman–Crippen LogP) is 2.63. The van der Waals surface area contributed by atoms with E-state index in [0.29, 0.717) is 6.61 Å². The Morgan fingerprint density at radius 3 is 3.18 bits per heavy atom. The van der Waals surface area contributed by atoms with Crippen molar-refractivity contribution in [2.75, 3.05) is 12.4 Å². The molecule has 1 aliphatic rings. The molecule has 1 aromatic rings. The molecule has 0 saturated carbocycles. The van der Waals surface area contributed by atoms with Crippen LogP contribution < -0.4 is 5.43 Å². The predicted molar refractivity (Wildman–Crippen MR) is 68.5 cm³/mol. The summed E-state index contributed by atoms with van der Waals surface area (Å²) in [6, 6.07) is 8.07. The summed E-state index contributed by atoms with van der Waals surface area (Å²) >= 11 is 1.81. The Labute approximate surface area is 104 Å². The minimum Gasteiger partial charge on any atom is -0.449 e. The van der Waals surface area contributed by atoms with Crippen LogP contribution in [0, 0.1) is 0 Å². The quantitative estimate of drug-likeness (QED) is 0.821. The molecule has 0 bridgehead atoms. The lowest BCUT2D eigenvalue weighted by molar-refractivity contribution is 0.152. The number of thioether (sulfide) groups is 1. The average Bonchev–Trinajstić information content (AvgIpc) is 2.36. The van der Waals surface area contributed by atoms with Gasteiger partial charge < -0.3 is 4.74 Å². The van der Waals surface area contributed by atoms with Gasteiger partial charge in [-0.3, -0.25) is 0 Å². The van der Waals surface area contributed by atoms with Crippen molar-refractivity contribution in [3.05, 3.63) is 29.8 Å². The van der Waals surface area contributed by atoms with Gasteiger partial charge in [-0.15, -0.1) is 11.8 Å². The molecule has 2 rings (SSSR count). The summed E-state index contributed by atoms with van der Waals surface area (Å²) in [6.45, 7) is 2.11. The number of rotatable bonds is 2. The standard InChI is InChI=1S/C12H14N2O2S/c1-2-16-12(15)14-13-10-7-8-17-11-6-4-3-5-9(10)11/h3-6H,2,7-8H2,1H3,(H,14,15)/b13-10-. The van der Waals surface area contributed by atoms with Gasteiger partial charge in [0.15, 0.2) is 0 Å². The molecule has 1 aromatic carbocycles. The molecule has 0 fully saturated rings. The summed E-state index contributed by atoms with van der Waals surface area (Å²) < 4.78 is 4.76. The number of benzene rings is 1. The maximum absolute atomic E-state index is 11.2. The highest BCUT2D eigenvalue weighted by molar-refractivity contribution is 7.99. The molecule has 0 spiro atoms. The van der Waals surface area contributed by atoms with E-state index in [2.05, 4.69) is 16.6 Å². The topological polar surface area (TPSA) is 50.7 Å². The van der Waals surface area contributed by atoms with Gasteiger partial charge in [-0.2, -0.15) is 5.10 Å². The maximum Gasteiger partial charge on any atom is 0.427 e. The molecular weight excluding hydrogens is 236 g/mol. The molecular formula is C12H14N2O2S. The zero-order valence-corrected chi connectivity index (χ0v) is 10.4. The van der Waals surface area contributed by atoms with E-state index in [0.717, 1.165) is 23.4 Å². The lowest BCUT2D eigenvalue weighted by Gasteiger charge is -2.16. The minimum atomic E-state index is -0.504. The van der Waals surface area contributed by atoms with Crippen LogP contribution in [0.1, 0.15) is 18.9 Å². The van der Waals surface area contributed by atoms with Gasteiger partial charge in [0.25, 0.3) is 0 Å². The number of carbonyl (C=O) groups is 1. The van der Waals surface area contributed by atoms with Gasteiger partial charge >= 0.3 is 6.09 Å². The molecule has 1 N–H and O–H groups in total. The highest BCUT2D eigenvalue weighted by Crippen LogP contribution is 2.29. The van der Waals surface area contributed by atoms with Crippen molar-refractivity contribution in [1.82, 2.24) is 5.43 Å². The normalized spacial score (nSPS) is 16.4. The second-order valence-corrected chi connectivity index (χ2v) is 4.62. The van der Waals surface area contributed by atoms with Gasteiger partial charge in [0, 0.05) is 22.6 Å². The summed E-state index contributed by atoms with van der Waals surface area (Å²) in [4.78, 5) is 12.4. The number of amides is 1. The number of ether oxygens (including phenoxy) is 1. The first kappa shape index (κ1) is 12.0. The summed E-state index contributed by atoms with van der Waals surface area (Å²) in [7, 11) is 0. The van der Waals surface area contributed by atoms with E-state index in [1.165, 1.54) is 4.90 Å². The SMILES string of the molecule is CCOC(=O)N/N=C1/CCSc2ccccc21. The lowest BCUT2D eigenvalue weighted by Crippen LogP contribution is -2.22. The van der Waals surface area contributed by atoms with Gasteiger partial charge in [-0.25, -0.2) is 10.2 Å². The molecule has 0 unspecified atom stereocenters. The van der Waals surface area contributed by atoms with Gasteiger partial charge in [0.2, 0.25) is 0 Å². The molecule has 1 amide bonds. The molecule has 1 heterocycles. The second-order valence-electron chi connectivity index (χ2n) is 3.49. The Morgan fingerprint density at radius 2 is 2.35 bits per heavy atom. The molecule has 90 valence electrons. The summed E-state index contributed by atoms with van der Waals surface area (Å²) in [6.07, 6.45) is 0.351. The van der Waals surface area contributed by atoms with Crippen molar-refractivity contribution in [3.8, 4) is 0 Å². The van der Waals surface area contributed by atoms with Crippen LogP contribution in [-0.2, 0) is 4.74 Å². The Balaban J connectivity index is 2.12. The van der Waals surface area contributed by atoms with Crippen LogP contribution in [0.4, 0.5) is 4.79 Å². The molecule has 4 nitrogen and oxygen atoms in total. The van der Waals surface area contributed by atoms with Gasteiger partial charge in [0.05, 0.1) is 12.3 Å².